The SMILES string of the molecule is CC(C)(C)C(C)(C)c1cc2cc(N3CCOCC3)cnc2nc1C(F)(F)F. The molecule has 0 bridgehead atoms. The van der Waals surface area contributed by atoms with Crippen molar-refractivity contribution >= 4 is 16.7 Å². The molecule has 0 spiro atoms. The third-order valence-corrected chi connectivity index (χ3v) is 5.85. The van der Waals surface area contributed by atoms with Gasteiger partial charge < -0.3 is 9.64 Å². The number of hydrogen-bond donors (Lipinski definition) is 0. The number of nitrogens with zero attached hydrogens (tertiary/aromatic N) is 3. The Bertz CT molecular complexity index is 835. The molecular weight excluding hydrogens is 355 g/mol. The van der Waals surface area contributed by atoms with Crippen molar-refractivity contribution in [1.29, 1.82) is 0 Å². The zero-order chi connectivity index (χ0) is 20.0. The second-order valence-electron chi connectivity index (χ2n) is 8.60. The van der Waals surface area contributed by atoms with E-state index in [9.17, 15) is 13.2 Å². The van der Waals surface area contributed by atoms with Crippen LogP contribution in [0.1, 0.15) is 45.9 Å². The summed E-state index contributed by atoms with van der Waals surface area (Å²) < 4.78 is 46.6. The van der Waals surface area contributed by atoms with Gasteiger partial charge in [-0.25, -0.2) is 9.97 Å². The monoisotopic (exact) mass is 381 g/mol. The summed E-state index contributed by atoms with van der Waals surface area (Å²) in [6.07, 6.45) is -2.94. The lowest BCUT2D eigenvalue weighted by Gasteiger charge is -2.40. The molecule has 0 N–H and O–H groups in total. The maximum atomic E-state index is 13.8. The summed E-state index contributed by atoms with van der Waals surface area (Å²) >= 11 is 0. The molecule has 1 aliphatic heterocycles. The molecule has 0 aromatic carbocycles. The van der Waals surface area contributed by atoms with Gasteiger partial charge in [-0.3, -0.25) is 0 Å². The summed E-state index contributed by atoms with van der Waals surface area (Å²) in [6, 6.07) is 3.50. The van der Waals surface area contributed by atoms with Crippen molar-refractivity contribution in [2.45, 2.75) is 46.2 Å². The summed E-state index contributed by atoms with van der Waals surface area (Å²) in [7, 11) is 0. The number of alkyl halides is 3. The van der Waals surface area contributed by atoms with Gasteiger partial charge in [-0.05, 0) is 28.5 Å². The van der Waals surface area contributed by atoms with E-state index in [2.05, 4.69) is 14.9 Å². The van der Waals surface area contributed by atoms with Crippen molar-refractivity contribution in [1.82, 2.24) is 9.97 Å². The Morgan fingerprint density at radius 3 is 2.19 bits per heavy atom. The van der Waals surface area contributed by atoms with Crippen LogP contribution in [0.3, 0.4) is 0 Å². The van der Waals surface area contributed by atoms with Crippen molar-refractivity contribution < 1.29 is 17.9 Å². The summed E-state index contributed by atoms with van der Waals surface area (Å²) in [5, 5.41) is 0.624. The summed E-state index contributed by atoms with van der Waals surface area (Å²) in [4.78, 5) is 10.3. The van der Waals surface area contributed by atoms with Gasteiger partial charge in [-0.15, -0.1) is 0 Å². The Kier molecular flexibility index (Phi) is 4.87. The first-order valence-electron chi connectivity index (χ1n) is 9.12. The lowest BCUT2D eigenvalue weighted by Crippen LogP contribution is -2.37. The van der Waals surface area contributed by atoms with Gasteiger partial charge in [0.2, 0.25) is 0 Å². The molecule has 0 saturated carbocycles. The van der Waals surface area contributed by atoms with Crippen LogP contribution in [0.4, 0.5) is 18.9 Å². The molecule has 0 radical (unpaired) electrons. The molecular formula is C20H26F3N3O. The maximum Gasteiger partial charge on any atom is 0.433 e. The first-order valence-corrected chi connectivity index (χ1v) is 9.12. The van der Waals surface area contributed by atoms with Gasteiger partial charge in [0.15, 0.2) is 11.3 Å². The van der Waals surface area contributed by atoms with E-state index in [-0.39, 0.29) is 16.6 Å². The molecule has 7 heteroatoms. The Hall–Kier alpha value is -1.89. The lowest BCUT2D eigenvalue weighted by molar-refractivity contribution is -0.142. The molecule has 0 unspecified atom stereocenters. The molecule has 148 valence electrons. The molecule has 0 aliphatic carbocycles. The van der Waals surface area contributed by atoms with Crippen molar-refractivity contribution in [3.63, 3.8) is 0 Å². The van der Waals surface area contributed by atoms with Crippen LogP contribution in [0, 0.1) is 5.41 Å². The van der Waals surface area contributed by atoms with Gasteiger partial charge in [0.25, 0.3) is 0 Å². The average molecular weight is 381 g/mol. The third-order valence-electron chi connectivity index (χ3n) is 5.85. The van der Waals surface area contributed by atoms with Crippen molar-refractivity contribution in [2.75, 3.05) is 31.2 Å². The van der Waals surface area contributed by atoms with E-state index in [1.165, 1.54) is 0 Å². The Labute approximate surface area is 157 Å². The quantitative estimate of drug-likeness (QED) is 0.748. The normalized spacial score (nSPS) is 16.8. The van der Waals surface area contributed by atoms with E-state index < -0.39 is 17.3 Å². The van der Waals surface area contributed by atoms with Gasteiger partial charge in [0, 0.05) is 18.5 Å². The fourth-order valence-corrected chi connectivity index (χ4v) is 3.14. The van der Waals surface area contributed by atoms with Crippen LogP contribution in [-0.4, -0.2) is 36.3 Å². The topological polar surface area (TPSA) is 38.2 Å². The molecule has 4 nitrogen and oxygen atoms in total. The molecule has 2 aromatic heterocycles. The molecule has 1 fully saturated rings. The van der Waals surface area contributed by atoms with E-state index in [4.69, 9.17) is 4.74 Å². The largest absolute Gasteiger partial charge is 0.433 e. The molecule has 0 amide bonds. The van der Waals surface area contributed by atoms with Crippen LogP contribution in [0.5, 0.6) is 0 Å². The van der Waals surface area contributed by atoms with Crippen LogP contribution in [0.2, 0.25) is 0 Å². The molecule has 3 heterocycles. The minimum atomic E-state index is -4.53. The Balaban J connectivity index is 2.19. The highest BCUT2D eigenvalue weighted by Crippen LogP contribution is 2.46. The molecule has 27 heavy (non-hydrogen) atoms. The second kappa shape index (κ2) is 6.62. The van der Waals surface area contributed by atoms with E-state index in [0.29, 0.717) is 18.6 Å². The highest BCUT2D eigenvalue weighted by molar-refractivity contribution is 5.80. The van der Waals surface area contributed by atoms with E-state index in [0.717, 1.165) is 18.8 Å². The first-order chi connectivity index (χ1) is 12.4. The number of halogens is 3. The highest BCUT2D eigenvalue weighted by Gasteiger charge is 2.44. The van der Waals surface area contributed by atoms with Crippen molar-refractivity contribution in [3.8, 4) is 0 Å². The third kappa shape index (κ3) is 3.74. The smallest absolute Gasteiger partial charge is 0.378 e. The Morgan fingerprint density at radius 2 is 1.63 bits per heavy atom. The van der Waals surface area contributed by atoms with Crippen LogP contribution in [0.25, 0.3) is 11.0 Å². The van der Waals surface area contributed by atoms with Gasteiger partial charge >= 0.3 is 6.18 Å². The van der Waals surface area contributed by atoms with Gasteiger partial charge in [-0.2, -0.15) is 13.2 Å². The summed E-state index contributed by atoms with van der Waals surface area (Å²) in [5.41, 5.74) is -0.747. The number of hydrogen-bond acceptors (Lipinski definition) is 4. The molecule has 0 atom stereocenters. The zero-order valence-corrected chi connectivity index (χ0v) is 16.4. The number of pyridine rings is 2. The Morgan fingerprint density at radius 1 is 1.00 bits per heavy atom. The molecule has 1 saturated heterocycles. The number of rotatable bonds is 2. The molecule has 3 rings (SSSR count). The second-order valence-corrected chi connectivity index (χ2v) is 8.60. The van der Waals surface area contributed by atoms with E-state index in [1.54, 1.807) is 12.3 Å². The van der Waals surface area contributed by atoms with Crippen molar-refractivity contribution in [2.24, 2.45) is 5.41 Å². The summed E-state index contributed by atoms with van der Waals surface area (Å²) in [5.74, 6) is 0. The predicted molar refractivity (Wildman–Crippen MR) is 100 cm³/mol. The van der Waals surface area contributed by atoms with Crippen LogP contribution >= 0.6 is 0 Å². The number of anilines is 1. The standard InChI is InChI=1S/C20H26F3N3O/c1-18(2,3)19(4,5)15-11-13-10-14(26-6-8-27-9-7-26)12-24-17(13)25-16(15)20(21,22)23/h10-12H,6-9H2,1-5H3. The van der Waals surface area contributed by atoms with Crippen LogP contribution in [0.15, 0.2) is 18.3 Å². The molecule has 1 aliphatic rings. The number of ether oxygens (including phenoxy) is 1. The van der Waals surface area contributed by atoms with Crippen LogP contribution in [-0.2, 0) is 16.3 Å². The van der Waals surface area contributed by atoms with Gasteiger partial charge in [0.05, 0.1) is 25.1 Å². The molecule has 2 aromatic rings. The summed E-state index contributed by atoms with van der Waals surface area (Å²) in [6.45, 7) is 12.2. The fourth-order valence-electron chi connectivity index (χ4n) is 3.14. The minimum Gasteiger partial charge on any atom is -0.378 e. The predicted octanol–water partition coefficient (Wildman–Crippen LogP) is 4.81. The fraction of sp³-hybridized carbons (Fsp3) is 0.600. The first kappa shape index (κ1) is 19.9. The number of morpholine rings is 1. The van der Waals surface area contributed by atoms with Crippen LogP contribution < -0.4 is 4.90 Å². The lowest BCUT2D eigenvalue weighted by atomic mass is 9.64. The minimum absolute atomic E-state index is 0.118. The van der Waals surface area contributed by atoms with Gasteiger partial charge in [0.1, 0.15) is 0 Å². The maximum absolute atomic E-state index is 13.8. The van der Waals surface area contributed by atoms with Gasteiger partial charge in [-0.1, -0.05) is 34.6 Å². The number of aromatic nitrogens is 2. The van der Waals surface area contributed by atoms with Crippen molar-refractivity contribution in [3.05, 3.63) is 29.6 Å². The van der Waals surface area contributed by atoms with E-state index >= 15 is 0 Å². The van der Waals surface area contributed by atoms with E-state index in [1.807, 2.05) is 40.7 Å². The average Bonchev–Trinajstić information content (AvgIpc) is 2.59. The highest BCUT2D eigenvalue weighted by atomic mass is 19.4. The zero-order valence-electron chi connectivity index (χ0n) is 16.4. The number of fused-ring (bicyclic) bond motifs is 1.